The maximum Gasteiger partial charge on any atom is 0.226 e. The molecule has 0 aliphatic rings. The Balaban J connectivity index is 2.55. The number of amides is 1. The number of nitrogens with zero attached hydrogens (tertiary/aromatic N) is 1. The first-order chi connectivity index (χ1) is 9.45. The number of nitrogens with two attached hydrogens (primary N) is 1. The lowest BCUT2D eigenvalue weighted by Crippen LogP contribution is -2.27. The largest absolute Gasteiger partial charge is 0.330 e. The standard InChI is InChI=1S/C16H25FN2O/c1-12(2)13(10-11-18)4-9-16(20)19(3)15-7-5-14(17)6-8-15/h5-8,12-13H,4,9-11,18H2,1-3H3. The zero-order chi connectivity index (χ0) is 15.1. The lowest BCUT2D eigenvalue weighted by molar-refractivity contribution is -0.118. The van der Waals surface area contributed by atoms with Gasteiger partial charge in [-0.1, -0.05) is 13.8 Å². The molecule has 1 aromatic rings. The summed E-state index contributed by atoms with van der Waals surface area (Å²) >= 11 is 0. The number of carbonyl (C=O) groups excluding carboxylic acids is 1. The fraction of sp³-hybridized carbons (Fsp3) is 0.562. The summed E-state index contributed by atoms with van der Waals surface area (Å²) in [6.07, 6.45) is 2.29. The van der Waals surface area contributed by atoms with Gasteiger partial charge < -0.3 is 10.6 Å². The lowest BCUT2D eigenvalue weighted by atomic mass is 9.88. The first-order valence-electron chi connectivity index (χ1n) is 7.18. The van der Waals surface area contributed by atoms with Gasteiger partial charge in [0.05, 0.1) is 0 Å². The minimum Gasteiger partial charge on any atom is -0.330 e. The molecule has 0 fully saturated rings. The molecule has 0 aliphatic heterocycles. The van der Waals surface area contributed by atoms with Gasteiger partial charge in [-0.05, 0) is 55.5 Å². The van der Waals surface area contributed by atoms with E-state index in [-0.39, 0.29) is 11.7 Å². The van der Waals surface area contributed by atoms with Gasteiger partial charge in [0.2, 0.25) is 5.91 Å². The predicted octanol–water partition coefficient (Wildman–Crippen LogP) is 3.19. The lowest BCUT2D eigenvalue weighted by Gasteiger charge is -2.22. The number of halogens is 1. The van der Waals surface area contributed by atoms with Crippen LogP contribution >= 0.6 is 0 Å². The Morgan fingerprint density at radius 3 is 2.35 bits per heavy atom. The van der Waals surface area contributed by atoms with Crippen molar-refractivity contribution in [2.45, 2.75) is 33.1 Å². The SMILES string of the molecule is CC(C)C(CCN)CCC(=O)N(C)c1ccc(F)cc1. The Morgan fingerprint density at radius 2 is 1.85 bits per heavy atom. The van der Waals surface area contributed by atoms with E-state index in [9.17, 15) is 9.18 Å². The average Bonchev–Trinajstić information content (AvgIpc) is 2.42. The van der Waals surface area contributed by atoms with Crippen LogP contribution in [-0.4, -0.2) is 19.5 Å². The van der Waals surface area contributed by atoms with Gasteiger partial charge in [0, 0.05) is 19.2 Å². The van der Waals surface area contributed by atoms with E-state index >= 15 is 0 Å². The predicted molar refractivity (Wildman–Crippen MR) is 81.0 cm³/mol. The van der Waals surface area contributed by atoms with Crippen molar-refractivity contribution in [2.75, 3.05) is 18.5 Å². The van der Waals surface area contributed by atoms with Crippen molar-refractivity contribution < 1.29 is 9.18 Å². The molecule has 1 aromatic carbocycles. The minimum atomic E-state index is -0.294. The van der Waals surface area contributed by atoms with Crippen LogP contribution in [0.3, 0.4) is 0 Å². The Kier molecular flexibility index (Phi) is 6.65. The van der Waals surface area contributed by atoms with Gasteiger partial charge in [0.25, 0.3) is 0 Å². The highest BCUT2D eigenvalue weighted by Gasteiger charge is 2.17. The molecule has 1 rings (SSSR count). The third-order valence-corrected chi connectivity index (χ3v) is 3.80. The van der Waals surface area contributed by atoms with Crippen LogP contribution < -0.4 is 10.6 Å². The minimum absolute atomic E-state index is 0.0549. The summed E-state index contributed by atoms with van der Waals surface area (Å²) in [4.78, 5) is 13.7. The molecule has 4 heteroatoms. The van der Waals surface area contributed by atoms with E-state index in [1.165, 1.54) is 12.1 Å². The van der Waals surface area contributed by atoms with Gasteiger partial charge in [-0.2, -0.15) is 0 Å². The molecule has 0 saturated heterocycles. The fourth-order valence-electron chi connectivity index (χ4n) is 2.31. The molecular weight excluding hydrogens is 255 g/mol. The third kappa shape index (κ3) is 4.93. The van der Waals surface area contributed by atoms with Crippen molar-refractivity contribution in [2.24, 2.45) is 17.6 Å². The molecule has 2 N–H and O–H groups in total. The summed E-state index contributed by atoms with van der Waals surface area (Å²) < 4.78 is 12.9. The van der Waals surface area contributed by atoms with E-state index in [0.29, 0.717) is 24.8 Å². The van der Waals surface area contributed by atoms with Gasteiger partial charge in [0.15, 0.2) is 0 Å². The summed E-state index contributed by atoms with van der Waals surface area (Å²) in [6.45, 7) is 4.98. The van der Waals surface area contributed by atoms with Crippen molar-refractivity contribution >= 4 is 11.6 Å². The monoisotopic (exact) mass is 280 g/mol. The topological polar surface area (TPSA) is 46.3 Å². The van der Waals surface area contributed by atoms with Crippen LogP contribution in [0.15, 0.2) is 24.3 Å². The zero-order valence-corrected chi connectivity index (χ0v) is 12.6. The van der Waals surface area contributed by atoms with Gasteiger partial charge in [0.1, 0.15) is 5.82 Å². The molecule has 0 aliphatic carbocycles. The molecule has 0 radical (unpaired) electrons. The maximum atomic E-state index is 12.9. The molecule has 0 heterocycles. The average molecular weight is 280 g/mol. The molecular formula is C16H25FN2O. The molecule has 3 nitrogen and oxygen atoms in total. The summed E-state index contributed by atoms with van der Waals surface area (Å²) in [5.41, 5.74) is 6.33. The van der Waals surface area contributed by atoms with E-state index in [1.54, 1.807) is 24.1 Å². The molecule has 0 bridgehead atoms. The van der Waals surface area contributed by atoms with Crippen LogP contribution in [0.1, 0.15) is 33.1 Å². The number of benzene rings is 1. The summed E-state index contributed by atoms with van der Waals surface area (Å²) in [5, 5.41) is 0. The van der Waals surface area contributed by atoms with Gasteiger partial charge in [-0.3, -0.25) is 4.79 Å². The van der Waals surface area contributed by atoms with Crippen molar-refractivity contribution in [3.63, 3.8) is 0 Å². The molecule has 1 unspecified atom stereocenters. The van der Waals surface area contributed by atoms with Crippen LogP contribution in [0.2, 0.25) is 0 Å². The fourth-order valence-corrected chi connectivity index (χ4v) is 2.31. The second-order valence-corrected chi connectivity index (χ2v) is 5.55. The van der Waals surface area contributed by atoms with Gasteiger partial charge in [-0.15, -0.1) is 0 Å². The van der Waals surface area contributed by atoms with Crippen LogP contribution in [0, 0.1) is 17.7 Å². The van der Waals surface area contributed by atoms with E-state index in [0.717, 1.165) is 18.5 Å². The first kappa shape index (κ1) is 16.6. The van der Waals surface area contributed by atoms with E-state index in [1.807, 2.05) is 0 Å². The van der Waals surface area contributed by atoms with Gasteiger partial charge in [-0.25, -0.2) is 4.39 Å². The Morgan fingerprint density at radius 1 is 1.25 bits per heavy atom. The second kappa shape index (κ2) is 8.00. The maximum absolute atomic E-state index is 12.9. The van der Waals surface area contributed by atoms with Crippen molar-refractivity contribution in [3.05, 3.63) is 30.1 Å². The smallest absolute Gasteiger partial charge is 0.226 e. The molecule has 1 atom stereocenters. The number of rotatable bonds is 7. The normalized spacial score (nSPS) is 12.5. The summed E-state index contributed by atoms with van der Waals surface area (Å²) in [6, 6.07) is 5.97. The molecule has 0 aromatic heterocycles. The number of carbonyl (C=O) groups is 1. The summed E-state index contributed by atoms with van der Waals surface area (Å²) in [7, 11) is 1.73. The Bertz CT molecular complexity index is 417. The Labute approximate surface area is 121 Å². The highest BCUT2D eigenvalue weighted by molar-refractivity contribution is 5.92. The number of hydrogen-bond donors (Lipinski definition) is 1. The Hall–Kier alpha value is -1.42. The van der Waals surface area contributed by atoms with E-state index in [4.69, 9.17) is 5.73 Å². The first-order valence-corrected chi connectivity index (χ1v) is 7.18. The third-order valence-electron chi connectivity index (χ3n) is 3.80. The quantitative estimate of drug-likeness (QED) is 0.833. The van der Waals surface area contributed by atoms with Crippen LogP contribution in [0.25, 0.3) is 0 Å². The van der Waals surface area contributed by atoms with Crippen LogP contribution in [0.4, 0.5) is 10.1 Å². The van der Waals surface area contributed by atoms with Crippen molar-refractivity contribution in [1.82, 2.24) is 0 Å². The van der Waals surface area contributed by atoms with E-state index in [2.05, 4.69) is 13.8 Å². The molecule has 112 valence electrons. The molecule has 20 heavy (non-hydrogen) atoms. The second-order valence-electron chi connectivity index (χ2n) is 5.55. The van der Waals surface area contributed by atoms with E-state index < -0.39 is 0 Å². The number of hydrogen-bond acceptors (Lipinski definition) is 2. The summed E-state index contributed by atoms with van der Waals surface area (Å²) in [5.74, 6) is 0.768. The molecule has 0 spiro atoms. The van der Waals surface area contributed by atoms with Crippen LogP contribution in [0.5, 0.6) is 0 Å². The molecule has 1 amide bonds. The van der Waals surface area contributed by atoms with Crippen molar-refractivity contribution in [3.8, 4) is 0 Å². The van der Waals surface area contributed by atoms with Gasteiger partial charge >= 0.3 is 0 Å². The molecule has 0 saturated carbocycles. The van der Waals surface area contributed by atoms with Crippen molar-refractivity contribution in [1.29, 1.82) is 0 Å². The zero-order valence-electron chi connectivity index (χ0n) is 12.6. The number of anilines is 1. The highest BCUT2D eigenvalue weighted by Crippen LogP contribution is 2.22. The highest BCUT2D eigenvalue weighted by atomic mass is 19.1. The van der Waals surface area contributed by atoms with Crippen LogP contribution in [-0.2, 0) is 4.79 Å².